The van der Waals surface area contributed by atoms with Gasteiger partial charge in [0.2, 0.25) is 0 Å². The summed E-state index contributed by atoms with van der Waals surface area (Å²) in [6.45, 7) is 0. The fraction of sp³-hybridized carbons (Fsp3) is 0.385. The fourth-order valence-electron chi connectivity index (χ4n) is 1.93. The van der Waals surface area contributed by atoms with Gasteiger partial charge in [-0.1, -0.05) is 0 Å². The number of carboxylic acid groups (broad SMARTS) is 1. The molecule has 0 spiro atoms. The fourth-order valence-corrected chi connectivity index (χ4v) is 2.18. The van der Waals surface area contributed by atoms with E-state index in [1.54, 1.807) is 6.07 Å². The SMILES string of the molecule is O=C(O)CC(NC(=O)Nc1ccc(Br)c(F)c1)C1CC1. The van der Waals surface area contributed by atoms with Gasteiger partial charge in [0.25, 0.3) is 0 Å². The molecule has 20 heavy (non-hydrogen) atoms. The molecule has 1 aromatic rings. The molecular formula is C13H14BrFN2O3. The van der Waals surface area contributed by atoms with Crippen LogP contribution in [0.15, 0.2) is 22.7 Å². The predicted molar refractivity (Wildman–Crippen MR) is 75.0 cm³/mol. The van der Waals surface area contributed by atoms with Gasteiger partial charge in [0, 0.05) is 11.7 Å². The first kappa shape index (κ1) is 14.8. The maximum Gasteiger partial charge on any atom is 0.319 e. The summed E-state index contributed by atoms with van der Waals surface area (Å²) >= 11 is 3.02. The molecule has 0 aromatic heterocycles. The van der Waals surface area contributed by atoms with Crippen molar-refractivity contribution in [3.8, 4) is 0 Å². The minimum atomic E-state index is -0.947. The van der Waals surface area contributed by atoms with Crippen LogP contribution in [0.4, 0.5) is 14.9 Å². The normalized spacial score (nSPS) is 15.5. The van der Waals surface area contributed by atoms with Crippen LogP contribution in [0.5, 0.6) is 0 Å². The lowest BCUT2D eigenvalue weighted by Gasteiger charge is -2.16. The van der Waals surface area contributed by atoms with Gasteiger partial charge in [-0.3, -0.25) is 4.79 Å². The summed E-state index contributed by atoms with van der Waals surface area (Å²) in [6, 6.07) is 3.32. The molecule has 5 nitrogen and oxygen atoms in total. The zero-order valence-electron chi connectivity index (χ0n) is 10.5. The Morgan fingerprint density at radius 3 is 2.70 bits per heavy atom. The largest absolute Gasteiger partial charge is 0.481 e. The molecule has 1 fully saturated rings. The second-order valence-corrected chi connectivity index (χ2v) is 5.62. The van der Waals surface area contributed by atoms with Gasteiger partial charge >= 0.3 is 12.0 Å². The number of rotatable bonds is 5. The predicted octanol–water partition coefficient (Wildman–Crippen LogP) is 2.96. The molecule has 0 radical (unpaired) electrons. The molecule has 0 bridgehead atoms. The number of hydrogen-bond donors (Lipinski definition) is 3. The number of benzene rings is 1. The van der Waals surface area contributed by atoms with Crippen LogP contribution in [0.1, 0.15) is 19.3 Å². The van der Waals surface area contributed by atoms with E-state index in [-0.39, 0.29) is 18.4 Å². The van der Waals surface area contributed by atoms with Crippen molar-refractivity contribution >= 4 is 33.6 Å². The number of halogens is 2. The number of carbonyl (C=O) groups excluding carboxylic acids is 1. The quantitative estimate of drug-likeness (QED) is 0.768. The maximum atomic E-state index is 13.3. The van der Waals surface area contributed by atoms with Gasteiger partial charge in [0.1, 0.15) is 5.82 Å². The topological polar surface area (TPSA) is 78.4 Å². The smallest absolute Gasteiger partial charge is 0.319 e. The Kier molecular flexibility index (Phi) is 4.59. The van der Waals surface area contributed by atoms with Crippen molar-refractivity contribution in [1.29, 1.82) is 0 Å². The lowest BCUT2D eigenvalue weighted by molar-refractivity contribution is -0.137. The average molecular weight is 345 g/mol. The summed E-state index contributed by atoms with van der Waals surface area (Å²) in [4.78, 5) is 22.5. The molecule has 2 rings (SSSR count). The van der Waals surface area contributed by atoms with Crippen LogP contribution < -0.4 is 10.6 Å². The van der Waals surface area contributed by atoms with Crippen LogP contribution in [-0.2, 0) is 4.79 Å². The average Bonchev–Trinajstić information content (AvgIpc) is 3.16. The minimum absolute atomic E-state index is 0.104. The molecule has 1 saturated carbocycles. The Morgan fingerprint density at radius 2 is 2.15 bits per heavy atom. The summed E-state index contributed by atoms with van der Waals surface area (Å²) in [6.07, 6.45) is 1.74. The molecule has 108 valence electrons. The summed E-state index contributed by atoms with van der Waals surface area (Å²) in [7, 11) is 0. The minimum Gasteiger partial charge on any atom is -0.481 e. The zero-order valence-corrected chi connectivity index (χ0v) is 12.1. The number of nitrogens with one attached hydrogen (secondary N) is 2. The number of urea groups is 1. The van der Waals surface area contributed by atoms with Gasteiger partial charge in [-0.2, -0.15) is 0 Å². The van der Waals surface area contributed by atoms with Crippen molar-refractivity contribution in [3.05, 3.63) is 28.5 Å². The maximum absolute atomic E-state index is 13.3. The van der Waals surface area contributed by atoms with Crippen LogP contribution >= 0.6 is 15.9 Å². The molecular weight excluding hydrogens is 331 g/mol. The number of hydrogen-bond acceptors (Lipinski definition) is 2. The van der Waals surface area contributed by atoms with Crippen LogP contribution in [-0.4, -0.2) is 23.1 Å². The first-order chi connectivity index (χ1) is 9.45. The Hall–Kier alpha value is -1.63. The molecule has 1 atom stereocenters. The molecule has 2 amide bonds. The van der Waals surface area contributed by atoms with Gasteiger partial charge in [0.05, 0.1) is 10.9 Å². The van der Waals surface area contributed by atoms with Crippen molar-refractivity contribution in [2.75, 3.05) is 5.32 Å². The number of carboxylic acids is 1. The third-order valence-electron chi connectivity index (χ3n) is 3.08. The summed E-state index contributed by atoms with van der Waals surface area (Å²) in [5.41, 5.74) is 0.313. The molecule has 7 heteroatoms. The second-order valence-electron chi connectivity index (χ2n) is 4.77. The standard InChI is InChI=1S/C13H14BrFN2O3/c14-9-4-3-8(5-10(9)15)16-13(20)17-11(6-12(18)19)7-1-2-7/h3-5,7,11H,1-2,6H2,(H,18,19)(H2,16,17,20). The highest BCUT2D eigenvalue weighted by Crippen LogP contribution is 2.34. The van der Waals surface area contributed by atoms with E-state index < -0.39 is 17.8 Å². The molecule has 0 heterocycles. The van der Waals surface area contributed by atoms with Gasteiger partial charge in [0.15, 0.2) is 0 Å². The molecule has 1 aliphatic carbocycles. The number of anilines is 1. The summed E-state index contributed by atoms with van der Waals surface area (Å²) in [5, 5.41) is 13.9. The lowest BCUT2D eigenvalue weighted by Crippen LogP contribution is -2.40. The van der Waals surface area contributed by atoms with Crippen LogP contribution in [0, 0.1) is 11.7 Å². The first-order valence-corrected chi connectivity index (χ1v) is 6.99. The molecule has 3 N–H and O–H groups in total. The third-order valence-corrected chi connectivity index (χ3v) is 3.72. The van der Waals surface area contributed by atoms with E-state index in [2.05, 4.69) is 26.6 Å². The molecule has 1 unspecified atom stereocenters. The van der Waals surface area contributed by atoms with E-state index in [0.29, 0.717) is 10.2 Å². The van der Waals surface area contributed by atoms with E-state index in [1.165, 1.54) is 12.1 Å². The van der Waals surface area contributed by atoms with Crippen LogP contribution in [0.2, 0.25) is 0 Å². The lowest BCUT2D eigenvalue weighted by atomic mass is 10.1. The van der Waals surface area contributed by atoms with E-state index in [4.69, 9.17) is 5.11 Å². The van der Waals surface area contributed by atoms with Crippen molar-refractivity contribution in [3.63, 3.8) is 0 Å². The van der Waals surface area contributed by atoms with E-state index in [9.17, 15) is 14.0 Å². The summed E-state index contributed by atoms with van der Waals surface area (Å²) < 4.78 is 13.6. The van der Waals surface area contributed by atoms with Crippen LogP contribution in [0.25, 0.3) is 0 Å². The molecule has 0 saturated heterocycles. The molecule has 0 aliphatic heterocycles. The van der Waals surface area contributed by atoms with E-state index in [1.807, 2.05) is 0 Å². The number of amides is 2. The van der Waals surface area contributed by atoms with E-state index in [0.717, 1.165) is 12.8 Å². The van der Waals surface area contributed by atoms with Gasteiger partial charge in [-0.15, -0.1) is 0 Å². The molecule has 1 aliphatic rings. The monoisotopic (exact) mass is 344 g/mol. The highest BCUT2D eigenvalue weighted by atomic mass is 79.9. The zero-order chi connectivity index (χ0) is 14.7. The third kappa shape index (κ3) is 4.19. The summed E-state index contributed by atoms with van der Waals surface area (Å²) in [5.74, 6) is -1.21. The van der Waals surface area contributed by atoms with Gasteiger partial charge in [-0.05, 0) is 52.9 Å². The van der Waals surface area contributed by atoms with Crippen LogP contribution in [0.3, 0.4) is 0 Å². The van der Waals surface area contributed by atoms with E-state index >= 15 is 0 Å². The highest BCUT2D eigenvalue weighted by Gasteiger charge is 2.33. The number of aliphatic carboxylic acids is 1. The van der Waals surface area contributed by atoms with Crippen molar-refractivity contribution in [1.82, 2.24) is 5.32 Å². The number of carbonyl (C=O) groups is 2. The molecule has 1 aromatic carbocycles. The van der Waals surface area contributed by atoms with Gasteiger partial charge in [-0.25, -0.2) is 9.18 Å². The Labute approximate surface area is 123 Å². The highest BCUT2D eigenvalue weighted by molar-refractivity contribution is 9.10. The second kappa shape index (κ2) is 6.21. The Bertz CT molecular complexity index is 534. The van der Waals surface area contributed by atoms with Crippen molar-refractivity contribution < 1.29 is 19.1 Å². The van der Waals surface area contributed by atoms with Crippen molar-refractivity contribution in [2.24, 2.45) is 5.92 Å². The Morgan fingerprint density at radius 1 is 1.45 bits per heavy atom. The Balaban J connectivity index is 1.93. The first-order valence-electron chi connectivity index (χ1n) is 6.20. The van der Waals surface area contributed by atoms with Crippen molar-refractivity contribution in [2.45, 2.75) is 25.3 Å². The van der Waals surface area contributed by atoms with Gasteiger partial charge < -0.3 is 15.7 Å².